The maximum atomic E-state index is 13.5. The third-order valence-corrected chi connectivity index (χ3v) is 5.94. The third kappa shape index (κ3) is 6.33. The average Bonchev–Trinajstić information content (AvgIpc) is 2.61. The molecule has 1 heterocycles. The molecule has 1 unspecified atom stereocenters. The molecule has 0 radical (unpaired) electrons. The summed E-state index contributed by atoms with van der Waals surface area (Å²) in [4.78, 5) is 11.9. The summed E-state index contributed by atoms with van der Waals surface area (Å²) in [5, 5.41) is 0. The Balaban J connectivity index is 2.46. The highest BCUT2D eigenvalue weighted by Crippen LogP contribution is 2.61. The van der Waals surface area contributed by atoms with Crippen LogP contribution in [0.2, 0.25) is 0 Å². The highest BCUT2D eigenvalue weighted by molar-refractivity contribution is 7.58. The third-order valence-electron chi connectivity index (χ3n) is 3.76. The SMILES string of the molecule is CCOC(=O)/C=C1/CC(c2ccccc2)C=C(P(=O)(OC(C)C)OC(C)C)O1. The van der Waals surface area contributed by atoms with Gasteiger partial charge < -0.3 is 18.5 Å². The Kier molecular flexibility index (Phi) is 8.05. The van der Waals surface area contributed by atoms with Crippen molar-refractivity contribution in [2.45, 2.75) is 59.2 Å². The molecule has 2 rings (SSSR count). The van der Waals surface area contributed by atoms with Crippen LogP contribution in [-0.4, -0.2) is 24.8 Å². The van der Waals surface area contributed by atoms with Crippen LogP contribution in [0.15, 0.2) is 53.7 Å². The van der Waals surface area contributed by atoms with Crippen LogP contribution in [-0.2, 0) is 27.9 Å². The number of hydrogen-bond acceptors (Lipinski definition) is 6. The van der Waals surface area contributed by atoms with Crippen molar-refractivity contribution in [3.8, 4) is 0 Å². The Morgan fingerprint density at radius 3 is 2.32 bits per heavy atom. The molecule has 0 aromatic heterocycles. The zero-order valence-electron chi connectivity index (χ0n) is 17.1. The van der Waals surface area contributed by atoms with Crippen molar-refractivity contribution in [3.05, 3.63) is 59.3 Å². The number of carbonyl (C=O) groups excluding carboxylic acids is 1. The van der Waals surface area contributed by atoms with Crippen molar-refractivity contribution in [3.63, 3.8) is 0 Å². The molecule has 7 heteroatoms. The molecule has 1 aliphatic rings. The summed E-state index contributed by atoms with van der Waals surface area (Å²) in [7, 11) is -3.72. The molecule has 0 bridgehead atoms. The number of benzene rings is 1. The molecule has 0 spiro atoms. The predicted molar refractivity (Wildman–Crippen MR) is 108 cm³/mol. The molecule has 0 saturated heterocycles. The molecule has 1 aliphatic heterocycles. The van der Waals surface area contributed by atoms with E-state index in [4.69, 9.17) is 18.5 Å². The van der Waals surface area contributed by atoms with Crippen LogP contribution in [0.5, 0.6) is 0 Å². The topological polar surface area (TPSA) is 71.1 Å². The lowest BCUT2D eigenvalue weighted by molar-refractivity contribution is -0.137. The first-order chi connectivity index (χ1) is 13.2. The Bertz CT molecular complexity index is 752. The van der Waals surface area contributed by atoms with E-state index in [-0.39, 0.29) is 30.2 Å². The van der Waals surface area contributed by atoms with Gasteiger partial charge in [0.1, 0.15) is 5.76 Å². The van der Waals surface area contributed by atoms with Crippen molar-refractivity contribution < 1.29 is 27.9 Å². The minimum absolute atomic E-state index is 0.102. The molecule has 0 aliphatic carbocycles. The highest BCUT2D eigenvalue weighted by atomic mass is 31.2. The van der Waals surface area contributed by atoms with Gasteiger partial charge >= 0.3 is 13.6 Å². The second-order valence-corrected chi connectivity index (χ2v) is 8.85. The second-order valence-electron chi connectivity index (χ2n) is 7.00. The average molecular weight is 408 g/mol. The summed E-state index contributed by atoms with van der Waals surface area (Å²) in [6, 6.07) is 9.74. The molecule has 0 amide bonds. The largest absolute Gasteiger partial charge is 0.463 e. The smallest absolute Gasteiger partial charge is 0.396 e. The van der Waals surface area contributed by atoms with Crippen LogP contribution in [0, 0.1) is 0 Å². The number of esters is 1. The van der Waals surface area contributed by atoms with Gasteiger partial charge in [-0.05, 0) is 46.3 Å². The van der Waals surface area contributed by atoms with E-state index in [1.165, 1.54) is 6.08 Å². The van der Waals surface area contributed by atoms with Crippen molar-refractivity contribution in [2.75, 3.05) is 6.61 Å². The monoisotopic (exact) mass is 408 g/mol. The van der Waals surface area contributed by atoms with Gasteiger partial charge in [0.15, 0.2) is 0 Å². The number of rotatable bonds is 8. The predicted octanol–water partition coefficient (Wildman–Crippen LogP) is 5.52. The van der Waals surface area contributed by atoms with E-state index in [0.29, 0.717) is 12.2 Å². The van der Waals surface area contributed by atoms with E-state index in [9.17, 15) is 9.36 Å². The normalized spacial score (nSPS) is 18.9. The van der Waals surface area contributed by atoms with E-state index in [2.05, 4.69) is 0 Å². The lowest BCUT2D eigenvalue weighted by atomic mass is 9.93. The first-order valence-corrected chi connectivity index (χ1v) is 11.1. The van der Waals surface area contributed by atoms with Crippen LogP contribution in [0.1, 0.15) is 52.5 Å². The van der Waals surface area contributed by atoms with Gasteiger partial charge in [0.2, 0.25) is 5.50 Å². The number of ether oxygens (including phenoxy) is 2. The molecule has 1 aromatic rings. The van der Waals surface area contributed by atoms with Gasteiger partial charge in [0, 0.05) is 12.3 Å². The molecular weight excluding hydrogens is 379 g/mol. The Hall–Kier alpha value is -1.88. The highest BCUT2D eigenvalue weighted by Gasteiger charge is 2.39. The Morgan fingerprint density at radius 1 is 1.18 bits per heavy atom. The first kappa shape index (κ1) is 22.4. The van der Waals surface area contributed by atoms with Gasteiger partial charge in [-0.1, -0.05) is 30.3 Å². The van der Waals surface area contributed by atoms with E-state index in [1.807, 2.05) is 30.3 Å². The summed E-state index contributed by atoms with van der Waals surface area (Å²) in [5.74, 6) is -0.273. The van der Waals surface area contributed by atoms with Gasteiger partial charge in [-0.25, -0.2) is 4.79 Å². The minimum Gasteiger partial charge on any atom is -0.463 e. The van der Waals surface area contributed by atoms with Gasteiger partial charge in [-0.3, -0.25) is 4.57 Å². The Labute approximate surface area is 167 Å². The maximum Gasteiger partial charge on any atom is 0.396 e. The number of hydrogen-bond donors (Lipinski definition) is 0. The van der Waals surface area contributed by atoms with E-state index >= 15 is 0 Å². The molecular formula is C21H29O6P. The summed E-state index contributed by atoms with van der Waals surface area (Å²) in [6.07, 6.45) is 2.84. The standard InChI is InChI=1S/C21H29O6P/c1-6-24-20(22)14-19-12-18(17-10-8-7-9-11-17)13-21(25-19)28(23,26-15(2)3)27-16(4)5/h7-11,13-16,18H,6,12H2,1-5H3/b19-14-. The fraction of sp³-hybridized carbons (Fsp3) is 0.476. The minimum atomic E-state index is -3.72. The molecule has 154 valence electrons. The van der Waals surface area contributed by atoms with Crippen molar-refractivity contribution >= 4 is 13.6 Å². The maximum absolute atomic E-state index is 13.5. The molecule has 1 atom stereocenters. The van der Waals surface area contributed by atoms with Gasteiger partial charge in [-0.15, -0.1) is 0 Å². The zero-order valence-corrected chi connectivity index (χ0v) is 18.0. The quantitative estimate of drug-likeness (QED) is 0.320. The fourth-order valence-corrected chi connectivity index (χ4v) is 4.77. The number of carbonyl (C=O) groups is 1. The second kappa shape index (κ2) is 10.1. The van der Waals surface area contributed by atoms with Crippen LogP contribution in [0.4, 0.5) is 0 Å². The molecule has 0 fully saturated rings. The first-order valence-electron chi connectivity index (χ1n) is 9.52. The lowest BCUT2D eigenvalue weighted by Gasteiger charge is -2.30. The molecule has 0 saturated carbocycles. The Morgan fingerprint density at radius 2 is 1.79 bits per heavy atom. The van der Waals surface area contributed by atoms with E-state index < -0.39 is 13.6 Å². The molecule has 28 heavy (non-hydrogen) atoms. The van der Waals surface area contributed by atoms with Crippen molar-refractivity contribution in [2.24, 2.45) is 0 Å². The van der Waals surface area contributed by atoms with Crippen molar-refractivity contribution in [1.82, 2.24) is 0 Å². The number of allylic oxidation sites excluding steroid dienone is 2. The zero-order chi connectivity index (χ0) is 20.7. The summed E-state index contributed by atoms with van der Waals surface area (Å²) >= 11 is 0. The van der Waals surface area contributed by atoms with Gasteiger partial charge in [0.25, 0.3) is 0 Å². The molecule has 0 N–H and O–H groups in total. The summed E-state index contributed by atoms with van der Waals surface area (Å²) < 4.78 is 35.7. The van der Waals surface area contributed by atoms with Crippen LogP contribution < -0.4 is 0 Å². The lowest BCUT2D eigenvalue weighted by Crippen LogP contribution is -2.16. The summed E-state index contributed by atoms with van der Waals surface area (Å²) in [5.41, 5.74) is 1.12. The molecule has 1 aromatic carbocycles. The van der Waals surface area contributed by atoms with Gasteiger partial charge in [0.05, 0.1) is 24.9 Å². The fourth-order valence-electron chi connectivity index (χ4n) is 2.81. The van der Waals surface area contributed by atoms with Crippen LogP contribution in [0.25, 0.3) is 0 Å². The van der Waals surface area contributed by atoms with E-state index in [0.717, 1.165) is 5.56 Å². The van der Waals surface area contributed by atoms with Gasteiger partial charge in [-0.2, -0.15) is 0 Å². The van der Waals surface area contributed by atoms with E-state index in [1.54, 1.807) is 40.7 Å². The molecule has 6 nitrogen and oxygen atoms in total. The summed E-state index contributed by atoms with van der Waals surface area (Å²) in [6.45, 7) is 9.12. The van der Waals surface area contributed by atoms with Crippen LogP contribution in [0.3, 0.4) is 0 Å². The van der Waals surface area contributed by atoms with Crippen molar-refractivity contribution in [1.29, 1.82) is 0 Å². The van der Waals surface area contributed by atoms with Crippen LogP contribution >= 0.6 is 7.60 Å².